The predicted molar refractivity (Wildman–Crippen MR) is 175 cm³/mol. The SMILES string of the molecule is CO[C@H]1C[C@H](O[C@H]2[C@H](C)[C@@H](O[C@@H]3O[C@H](C)C[C@H](N(C)C)[C@H]3O)[C@@H](C)C[C@@H](C)[C@H](O)[C@H](C)[C@@H](O)[C@@H](C)[C@@H](C)OC(=O)[C@@H]2C)O[C@@H](C)[C@@H]1O. The minimum atomic E-state index is -0.941. The van der Waals surface area contributed by atoms with E-state index in [2.05, 4.69) is 0 Å². The van der Waals surface area contributed by atoms with E-state index in [9.17, 15) is 25.2 Å². The van der Waals surface area contributed by atoms with Crippen LogP contribution < -0.4 is 0 Å². The Kier molecular flexibility index (Phi) is 14.9. The third kappa shape index (κ3) is 9.65. The van der Waals surface area contributed by atoms with Crippen molar-refractivity contribution >= 4 is 5.97 Å². The Bertz CT molecular complexity index is 972. The molecule has 0 radical (unpaired) electrons. The van der Waals surface area contributed by atoms with Gasteiger partial charge in [0.2, 0.25) is 0 Å². The second-order valence-electron chi connectivity index (χ2n) is 15.2. The summed E-state index contributed by atoms with van der Waals surface area (Å²) in [5.41, 5.74) is 0. The fraction of sp³-hybridized carbons (Fsp3) is 0.971. The number of likely N-dealkylation sites (N-methyl/N-ethyl adjacent to an activating group) is 1. The summed E-state index contributed by atoms with van der Waals surface area (Å²) in [6, 6.07) is -0.185. The lowest BCUT2D eigenvalue weighted by Crippen LogP contribution is -2.57. The average Bonchev–Trinajstić information content (AvgIpc) is 3.02. The summed E-state index contributed by atoms with van der Waals surface area (Å²) >= 11 is 0. The molecule has 4 N–H and O–H groups in total. The van der Waals surface area contributed by atoms with E-state index in [1.165, 1.54) is 7.11 Å². The molecule has 3 saturated heterocycles. The van der Waals surface area contributed by atoms with Crippen molar-refractivity contribution in [3.8, 4) is 0 Å². The topological polar surface area (TPSA) is 157 Å². The third-order valence-electron chi connectivity index (χ3n) is 11.3. The van der Waals surface area contributed by atoms with Gasteiger partial charge in [0.1, 0.15) is 18.3 Å². The van der Waals surface area contributed by atoms with Gasteiger partial charge in [-0.2, -0.15) is 0 Å². The Labute approximate surface area is 282 Å². The van der Waals surface area contributed by atoms with Gasteiger partial charge < -0.3 is 53.7 Å². The number of hydrogen-bond donors (Lipinski definition) is 4. The Morgan fingerprint density at radius 3 is 1.91 bits per heavy atom. The number of aliphatic hydroxyl groups excluding tert-OH is 4. The molecule has 0 spiro atoms. The highest BCUT2D eigenvalue weighted by Crippen LogP contribution is 2.38. The Balaban J connectivity index is 2.06. The van der Waals surface area contributed by atoms with Crippen LogP contribution in [0, 0.1) is 35.5 Å². The van der Waals surface area contributed by atoms with Gasteiger partial charge >= 0.3 is 5.97 Å². The first-order chi connectivity index (χ1) is 21.9. The van der Waals surface area contributed by atoms with Crippen molar-refractivity contribution in [3.63, 3.8) is 0 Å². The first-order valence-electron chi connectivity index (χ1n) is 17.6. The maximum atomic E-state index is 13.8. The van der Waals surface area contributed by atoms with Crippen molar-refractivity contribution in [2.75, 3.05) is 21.2 Å². The highest BCUT2D eigenvalue weighted by molar-refractivity contribution is 5.73. The summed E-state index contributed by atoms with van der Waals surface area (Å²) in [4.78, 5) is 15.8. The Morgan fingerprint density at radius 1 is 0.681 bits per heavy atom. The number of aliphatic hydroxyl groups is 4. The van der Waals surface area contributed by atoms with Gasteiger partial charge in [-0.3, -0.25) is 4.79 Å². The molecule has 3 rings (SSSR count). The van der Waals surface area contributed by atoms with E-state index in [0.29, 0.717) is 12.8 Å². The molecule has 0 amide bonds. The largest absolute Gasteiger partial charge is 0.462 e. The number of hydrogen-bond acceptors (Lipinski definition) is 12. The van der Waals surface area contributed by atoms with E-state index in [0.717, 1.165) is 0 Å². The number of rotatable bonds is 6. The van der Waals surface area contributed by atoms with Crippen LogP contribution in [-0.4, -0.2) is 132 Å². The molecule has 0 aliphatic carbocycles. The molecule has 3 fully saturated rings. The Hall–Kier alpha value is -0.930. The second-order valence-corrected chi connectivity index (χ2v) is 15.2. The first-order valence-corrected chi connectivity index (χ1v) is 17.6. The van der Waals surface area contributed by atoms with Crippen LogP contribution in [0.5, 0.6) is 0 Å². The van der Waals surface area contributed by atoms with Crippen molar-refractivity contribution in [2.45, 2.75) is 161 Å². The highest BCUT2D eigenvalue weighted by atomic mass is 16.7. The molecule has 0 saturated carbocycles. The van der Waals surface area contributed by atoms with Gasteiger partial charge in [0.25, 0.3) is 0 Å². The van der Waals surface area contributed by atoms with E-state index in [-0.39, 0.29) is 30.4 Å². The summed E-state index contributed by atoms with van der Waals surface area (Å²) in [6.45, 7) is 16.8. The number of esters is 1. The van der Waals surface area contributed by atoms with E-state index in [1.807, 2.05) is 60.5 Å². The van der Waals surface area contributed by atoms with Crippen LogP contribution in [0.25, 0.3) is 0 Å². The van der Waals surface area contributed by atoms with Crippen molar-refractivity contribution < 1.29 is 53.6 Å². The van der Waals surface area contributed by atoms with E-state index < -0.39 is 97.2 Å². The smallest absolute Gasteiger partial charge is 0.311 e. The van der Waals surface area contributed by atoms with Crippen LogP contribution in [-0.2, 0) is 33.2 Å². The zero-order chi connectivity index (χ0) is 35.5. The number of nitrogens with zero attached hydrogens (tertiary/aromatic N) is 1. The monoisotopic (exact) mass is 675 g/mol. The van der Waals surface area contributed by atoms with Crippen LogP contribution in [0.1, 0.15) is 81.6 Å². The molecule has 3 aliphatic heterocycles. The van der Waals surface area contributed by atoms with Gasteiger partial charge in [0, 0.05) is 37.3 Å². The summed E-state index contributed by atoms with van der Waals surface area (Å²) < 4.78 is 37.2. The summed E-state index contributed by atoms with van der Waals surface area (Å²) in [5, 5.41) is 44.6. The van der Waals surface area contributed by atoms with Gasteiger partial charge in [-0.15, -0.1) is 0 Å². The lowest BCUT2D eigenvalue weighted by Gasteiger charge is -2.46. The van der Waals surface area contributed by atoms with Crippen LogP contribution in [0.15, 0.2) is 0 Å². The molecule has 0 aromatic carbocycles. The fourth-order valence-electron chi connectivity index (χ4n) is 7.84. The number of cyclic esters (lactones) is 1. The number of ether oxygens (including phenoxy) is 6. The van der Waals surface area contributed by atoms with Crippen molar-refractivity contribution in [3.05, 3.63) is 0 Å². The molecule has 0 unspecified atom stereocenters. The van der Waals surface area contributed by atoms with Gasteiger partial charge in [0.05, 0.1) is 48.6 Å². The molecule has 0 aromatic rings. The molecule has 3 aliphatic rings. The molecule has 12 heteroatoms. The number of carbonyl (C=O) groups is 1. The summed E-state index contributed by atoms with van der Waals surface area (Å²) in [6.07, 6.45) is -7.06. The maximum Gasteiger partial charge on any atom is 0.311 e. The van der Waals surface area contributed by atoms with E-state index in [1.54, 1.807) is 20.8 Å². The third-order valence-corrected chi connectivity index (χ3v) is 11.3. The molecule has 12 nitrogen and oxygen atoms in total. The number of methoxy groups -OCH3 is 1. The zero-order valence-electron chi connectivity index (χ0n) is 30.7. The predicted octanol–water partition coefficient (Wildman–Crippen LogP) is 2.57. The van der Waals surface area contributed by atoms with Crippen LogP contribution >= 0.6 is 0 Å². The first kappa shape index (κ1) is 40.5. The summed E-state index contributed by atoms with van der Waals surface area (Å²) in [5.74, 6) is -3.04. The fourth-order valence-corrected chi connectivity index (χ4v) is 7.84. The lowest BCUT2D eigenvalue weighted by molar-refractivity contribution is -0.299. The maximum absolute atomic E-state index is 13.8. The molecule has 3 heterocycles. The van der Waals surface area contributed by atoms with E-state index in [4.69, 9.17) is 28.4 Å². The van der Waals surface area contributed by atoms with Gasteiger partial charge in [0.15, 0.2) is 12.6 Å². The molecule has 47 heavy (non-hydrogen) atoms. The standard InChI is InChI=1S/C35H65NO11/c1-16-13-17(2)32(47-35-31(40)25(36(10)11)14-18(3)43-35)21(6)33(46-27-15-26(42-12)30(39)24(9)44-27)22(7)34(41)45-23(8)19(4)29(38)20(5)28(16)37/h16-33,35,37-40H,13-15H2,1-12H3/t16-,17+,18-,19+,20+,21-,22-,23-,24+,25+,26+,27+,28+,29+,30+,31-,32+,33+,35+/m1/s1. The normalized spacial score (nSPS) is 49.7. The minimum absolute atomic E-state index is 0.165. The number of carbonyl (C=O) groups excluding carboxylic acids is 1. The van der Waals surface area contributed by atoms with Gasteiger partial charge in [-0.25, -0.2) is 0 Å². The Morgan fingerprint density at radius 2 is 1.32 bits per heavy atom. The minimum Gasteiger partial charge on any atom is -0.462 e. The van der Waals surface area contributed by atoms with Gasteiger partial charge in [-0.05, 0) is 66.5 Å². The molecule has 0 aromatic heterocycles. The van der Waals surface area contributed by atoms with Crippen molar-refractivity contribution in [1.82, 2.24) is 4.90 Å². The van der Waals surface area contributed by atoms with Crippen LogP contribution in [0.3, 0.4) is 0 Å². The van der Waals surface area contributed by atoms with Crippen LogP contribution in [0.2, 0.25) is 0 Å². The molecule has 19 atom stereocenters. The average molecular weight is 676 g/mol. The second kappa shape index (κ2) is 17.3. The molecule has 0 bridgehead atoms. The zero-order valence-corrected chi connectivity index (χ0v) is 30.7. The molecular formula is C35H65NO11. The summed E-state index contributed by atoms with van der Waals surface area (Å²) in [7, 11) is 5.37. The van der Waals surface area contributed by atoms with Crippen molar-refractivity contribution in [2.24, 2.45) is 35.5 Å². The highest BCUT2D eigenvalue weighted by Gasteiger charge is 2.47. The molecule has 276 valence electrons. The lowest BCUT2D eigenvalue weighted by atomic mass is 9.76. The van der Waals surface area contributed by atoms with E-state index >= 15 is 0 Å². The van der Waals surface area contributed by atoms with Crippen molar-refractivity contribution in [1.29, 1.82) is 0 Å². The van der Waals surface area contributed by atoms with Crippen LogP contribution in [0.4, 0.5) is 0 Å². The molecular weight excluding hydrogens is 610 g/mol. The quantitative estimate of drug-likeness (QED) is 0.306. The van der Waals surface area contributed by atoms with Gasteiger partial charge in [-0.1, -0.05) is 34.6 Å².